The molecule has 0 aliphatic heterocycles. The fourth-order valence-corrected chi connectivity index (χ4v) is 8.35. The van der Waals surface area contributed by atoms with E-state index in [4.69, 9.17) is 0 Å². The Labute approximate surface area is 190 Å². The van der Waals surface area contributed by atoms with Crippen molar-refractivity contribution in [2.75, 3.05) is 0 Å². The van der Waals surface area contributed by atoms with Gasteiger partial charge in [0, 0.05) is 0 Å². The fraction of sp³-hybridized carbons (Fsp3) is 0.793. The predicted molar refractivity (Wildman–Crippen MR) is 130 cm³/mol. The van der Waals surface area contributed by atoms with Gasteiger partial charge >= 0.3 is 0 Å². The summed E-state index contributed by atoms with van der Waals surface area (Å²) in [5, 5.41) is 21.7. The molecule has 0 spiro atoms. The number of fused-ring (bicyclic) bond motifs is 4. The molecule has 0 aromatic heterocycles. The first-order valence-electron chi connectivity index (χ1n) is 12.9. The Morgan fingerprint density at radius 3 is 2.48 bits per heavy atom. The van der Waals surface area contributed by atoms with Crippen molar-refractivity contribution in [3.05, 3.63) is 34.4 Å². The van der Waals surface area contributed by atoms with Gasteiger partial charge in [-0.2, -0.15) is 0 Å². The number of rotatable bonds is 4. The summed E-state index contributed by atoms with van der Waals surface area (Å²) in [6, 6.07) is 0. The molecule has 4 aliphatic carbocycles. The number of aliphatic hydroxyl groups is 2. The Hall–Kier alpha value is -0.860. The molecule has 2 nitrogen and oxygen atoms in total. The molecule has 4 rings (SSSR count). The average Bonchev–Trinajstić information content (AvgIpc) is 3.06. The Bertz CT molecular complexity index is 811. The molecule has 174 valence electrons. The minimum atomic E-state index is -0.256. The Morgan fingerprint density at radius 2 is 1.81 bits per heavy atom. The van der Waals surface area contributed by atoms with Crippen LogP contribution in [0.3, 0.4) is 0 Å². The summed E-state index contributed by atoms with van der Waals surface area (Å²) in [5.41, 5.74) is 6.77. The van der Waals surface area contributed by atoms with Crippen LogP contribution in [0.25, 0.3) is 0 Å². The van der Waals surface area contributed by atoms with E-state index in [1.807, 2.05) is 0 Å². The van der Waals surface area contributed by atoms with Gasteiger partial charge in [-0.25, -0.2) is 0 Å². The van der Waals surface area contributed by atoms with Crippen molar-refractivity contribution >= 4 is 0 Å². The second kappa shape index (κ2) is 7.87. The van der Waals surface area contributed by atoms with E-state index in [0.29, 0.717) is 17.8 Å². The SMILES string of the molecule is CC(C)=CC[C@H](O)[C@@H](C)[C@H]1CC=C2C3=C(CC[C@@]21C)[C@@]1(C)CC[C@H](O)C(C)(C)[C@@H]1CC3. The van der Waals surface area contributed by atoms with E-state index >= 15 is 0 Å². The van der Waals surface area contributed by atoms with Gasteiger partial charge in [-0.3, -0.25) is 0 Å². The molecule has 7 atom stereocenters. The van der Waals surface area contributed by atoms with Gasteiger partial charge in [0.05, 0.1) is 12.2 Å². The maximum Gasteiger partial charge on any atom is 0.0603 e. The Kier molecular flexibility index (Phi) is 5.92. The van der Waals surface area contributed by atoms with Crippen LogP contribution in [-0.2, 0) is 0 Å². The summed E-state index contributed by atoms with van der Waals surface area (Å²) in [5.74, 6) is 1.42. The standard InChI is InChI=1S/C29H46O2/c1-18(2)8-12-24(30)19(3)21-10-11-22-20-9-13-25-27(4,5)26(31)15-17-29(25,7)23(20)14-16-28(21,22)6/h8,11,19,21,24-26,30-31H,9-10,12-17H2,1-7H3/t19-,21+,24-,25-,26-,28+,29+/m0/s1. The van der Waals surface area contributed by atoms with Crippen molar-refractivity contribution < 1.29 is 10.2 Å². The lowest BCUT2D eigenvalue weighted by Gasteiger charge is -2.59. The first-order valence-corrected chi connectivity index (χ1v) is 12.9. The molecule has 1 saturated carbocycles. The van der Waals surface area contributed by atoms with Crippen LogP contribution in [0.15, 0.2) is 34.4 Å². The molecular formula is C29H46O2. The largest absolute Gasteiger partial charge is 0.393 e. The topological polar surface area (TPSA) is 40.5 Å². The number of hydrogen-bond acceptors (Lipinski definition) is 2. The normalized spacial score (nSPS) is 40.9. The van der Waals surface area contributed by atoms with E-state index in [1.54, 1.807) is 16.7 Å². The van der Waals surface area contributed by atoms with Crippen molar-refractivity contribution in [2.24, 2.45) is 34.0 Å². The van der Waals surface area contributed by atoms with Gasteiger partial charge in [0.25, 0.3) is 0 Å². The second-order valence-electron chi connectivity index (χ2n) is 12.7. The number of aliphatic hydroxyl groups excluding tert-OH is 2. The van der Waals surface area contributed by atoms with Gasteiger partial charge in [0.15, 0.2) is 0 Å². The summed E-state index contributed by atoms with van der Waals surface area (Å²) in [4.78, 5) is 0. The molecule has 31 heavy (non-hydrogen) atoms. The summed E-state index contributed by atoms with van der Waals surface area (Å²) in [6.45, 7) is 16.1. The van der Waals surface area contributed by atoms with Gasteiger partial charge < -0.3 is 10.2 Å². The van der Waals surface area contributed by atoms with Crippen LogP contribution in [0.1, 0.15) is 99.8 Å². The molecule has 0 heterocycles. The lowest BCUT2D eigenvalue weighted by atomic mass is 9.46. The zero-order valence-corrected chi connectivity index (χ0v) is 21.1. The zero-order valence-electron chi connectivity index (χ0n) is 21.1. The monoisotopic (exact) mass is 426 g/mol. The van der Waals surface area contributed by atoms with Crippen molar-refractivity contribution in [3.8, 4) is 0 Å². The molecule has 0 unspecified atom stereocenters. The highest BCUT2D eigenvalue weighted by Gasteiger charge is 2.57. The van der Waals surface area contributed by atoms with Gasteiger partial charge in [-0.05, 0) is 110 Å². The first-order chi connectivity index (χ1) is 14.4. The van der Waals surface area contributed by atoms with E-state index in [1.165, 1.54) is 31.3 Å². The van der Waals surface area contributed by atoms with Crippen molar-refractivity contribution in [1.82, 2.24) is 0 Å². The van der Waals surface area contributed by atoms with Crippen LogP contribution in [-0.4, -0.2) is 22.4 Å². The number of allylic oxidation sites excluding steroid dienone is 5. The van der Waals surface area contributed by atoms with Crippen LogP contribution in [0.4, 0.5) is 0 Å². The summed E-state index contributed by atoms with van der Waals surface area (Å²) < 4.78 is 0. The Balaban J connectivity index is 1.62. The van der Waals surface area contributed by atoms with Crippen LogP contribution < -0.4 is 0 Å². The molecule has 0 radical (unpaired) electrons. The molecular weight excluding hydrogens is 380 g/mol. The lowest BCUT2D eigenvalue weighted by molar-refractivity contribution is -0.0906. The quantitative estimate of drug-likeness (QED) is 0.476. The summed E-state index contributed by atoms with van der Waals surface area (Å²) in [6.07, 6.45) is 13.1. The molecule has 0 saturated heterocycles. The third-order valence-corrected chi connectivity index (χ3v) is 10.4. The fourth-order valence-electron chi connectivity index (χ4n) is 8.35. The minimum Gasteiger partial charge on any atom is -0.393 e. The van der Waals surface area contributed by atoms with Crippen molar-refractivity contribution in [2.45, 2.75) is 112 Å². The van der Waals surface area contributed by atoms with E-state index in [0.717, 1.165) is 25.7 Å². The lowest BCUT2D eigenvalue weighted by Crippen LogP contribution is -2.53. The number of hydrogen-bond donors (Lipinski definition) is 2. The molecule has 4 aliphatic rings. The summed E-state index contributed by atoms with van der Waals surface area (Å²) >= 11 is 0. The van der Waals surface area contributed by atoms with Gasteiger partial charge in [0.2, 0.25) is 0 Å². The average molecular weight is 427 g/mol. The molecule has 0 bridgehead atoms. The third-order valence-electron chi connectivity index (χ3n) is 10.4. The highest BCUT2D eigenvalue weighted by atomic mass is 16.3. The van der Waals surface area contributed by atoms with Gasteiger partial charge in [-0.15, -0.1) is 0 Å². The van der Waals surface area contributed by atoms with Gasteiger partial charge in [0.1, 0.15) is 0 Å². The molecule has 2 heteroatoms. The molecule has 0 aromatic carbocycles. The van der Waals surface area contributed by atoms with Crippen LogP contribution in [0.2, 0.25) is 0 Å². The first kappa shape index (κ1) is 23.3. The molecule has 0 aromatic rings. The van der Waals surface area contributed by atoms with Crippen LogP contribution in [0, 0.1) is 34.0 Å². The smallest absolute Gasteiger partial charge is 0.0603 e. The highest BCUT2D eigenvalue weighted by molar-refractivity contribution is 5.50. The van der Waals surface area contributed by atoms with Gasteiger partial charge in [-0.1, -0.05) is 57.9 Å². The molecule has 1 fully saturated rings. The maximum absolute atomic E-state index is 10.9. The van der Waals surface area contributed by atoms with Crippen LogP contribution in [0.5, 0.6) is 0 Å². The van der Waals surface area contributed by atoms with Crippen LogP contribution >= 0.6 is 0 Å². The zero-order chi connectivity index (χ0) is 22.8. The molecule has 0 amide bonds. The maximum atomic E-state index is 10.9. The van der Waals surface area contributed by atoms with E-state index in [-0.39, 0.29) is 28.5 Å². The van der Waals surface area contributed by atoms with Crippen molar-refractivity contribution in [3.63, 3.8) is 0 Å². The third kappa shape index (κ3) is 3.52. The Morgan fingerprint density at radius 1 is 1.10 bits per heavy atom. The predicted octanol–water partition coefficient (Wildman–Crippen LogP) is 6.98. The second-order valence-corrected chi connectivity index (χ2v) is 12.7. The highest BCUT2D eigenvalue weighted by Crippen LogP contribution is 2.66. The van der Waals surface area contributed by atoms with Crippen molar-refractivity contribution in [1.29, 1.82) is 0 Å². The van der Waals surface area contributed by atoms with E-state index in [2.05, 4.69) is 60.6 Å². The minimum absolute atomic E-state index is 0.00240. The summed E-state index contributed by atoms with van der Waals surface area (Å²) in [7, 11) is 0. The van der Waals surface area contributed by atoms with E-state index < -0.39 is 0 Å². The van der Waals surface area contributed by atoms with E-state index in [9.17, 15) is 10.2 Å². The molecule has 2 N–H and O–H groups in total.